The molecule has 2 aromatic rings. The van der Waals surface area contributed by atoms with E-state index in [2.05, 4.69) is 37.1 Å². The largest absolute Gasteiger partial charge is 1.00 e. The summed E-state index contributed by atoms with van der Waals surface area (Å²) in [5, 5.41) is 20.9. The number of nitrogens with two attached hydrogens (primary N) is 1. The molecule has 0 amide bonds. The number of hydrogen-bond donors (Lipinski definition) is 2. The van der Waals surface area contributed by atoms with Crippen molar-refractivity contribution in [2.45, 2.75) is 52.3 Å². The second-order valence-corrected chi connectivity index (χ2v) is 8.61. The number of nitrogens with zero attached hydrogens (tertiary/aromatic N) is 2. The number of nitriles is 1. The van der Waals surface area contributed by atoms with Gasteiger partial charge in [-0.3, -0.25) is 0 Å². The van der Waals surface area contributed by atoms with Crippen LogP contribution in [0.5, 0.6) is 5.75 Å². The number of unbranched alkanes of at least 4 members (excludes halogenated alkanes) is 1. The molecule has 0 radical (unpaired) electrons. The molecule has 3 N–H and O–H groups in total. The summed E-state index contributed by atoms with van der Waals surface area (Å²) >= 11 is 1.01. The van der Waals surface area contributed by atoms with Crippen LogP contribution in [0.15, 0.2) is 60.3 Å². The van der Waals surface area contributed by atoms with Crippen LogP contribution in [-0.2, 0) is 0 Å². The minimum Gasteiger partial charge on any atom is -0.496 e. The Balaban J connectivity index is 0.00000241. The molecular formula is C29H34FKN4OS. The normalized spacial score (nSPS) is 11.4. The zero-order valence-corrected chi connectivity index (χ0v) is 26.5. The van der Waals surface area contributed by atoms with Crippen LogP contribution in [0, 0.1) is 34.4 Å². The average Bonchev–Trinajstić information content (AvgIpc) is 2.88. The molecular weight excluding hydrogens is 511 g/mol. The predicted molar refractivity (Wildman–Crippen MR) is 150 cm³/mol. The molecule has 190 valence electrons. The number of ether oxygens (including phenoxy) is 1. The van der Waals surface area contributed by atoms with E-state index in [0.29, 0.717) is 29.0 Å². The van der Waals surface area contributed by atoms with Gasteiger partial charge in [0.15, 0.2) is 0 Å². The molecule has 8 heteroatoms. The Bertz CT molecular complexity index is 1160. The maximum atomic E-state index is 13.9. The standard InChI is InChI=1S/C25H24FN4OS.C4H10.K/c1-4-6-22(20(5-2)21-15-19(26)12-13-23(21)31-3)30-25(29)32-24(28)14-11-17-7-9-18(16-27)10-8-17;1-3-4-2;/h4,6-10,12-13,15,24H,5,28H2,1-3H3,(H-,29,30);3-4H2,1-2H3;/q-1;;+1/b6-4-,22-20-;;. The molecule has 1 unspecified atom stereocenters. The molecule has 0 bridgehead atoms. The van der Waals surface area contributed by atoms with Gasteiger partial charge in [-0.1, -0.05) is 57.6 Å². The van der Waals surface area contributed by atoms with Crippen LogP contribution in [0.2, 0.25) is 0 Å². The van der Waals surface area contributed by atoms with Gasteiger partial charge in [0.2, 0.25) is 0 Å². The maximum absolute atomic E-state index is 13.9. The molecule has 37 heavy (non-hydrogen) atoms. The second-order valence-electron chi connectivity index (χ2n) is 7.48. The van der Waals surface area contributed by atoms with Crippen LogP contribution >= 0.6 is 11.8 Å². The summed E-state index contributed by atoms with van der Waals surface area (Å²) in [5.74, 6) is 5.96. The van der Waals surface area contributed by atoms with E-state index < -0.39 is 5.37 Å². The number of hydrogen-bond acceptors (Lipinski definition) is 5. The van der Waals surface area contributed by atoms with Crippen molar-refractivity contribution < 1.29 is 60.5 Å². The first-order valence-electron chi connectivity index (χ1n) is 11.8. The Morgan fingerprint density at radius 1 is 1.16 bits per heavy atom. The van der Waals surface area contributed by atoms with Gasteiger partial charge >= 0.3 is 51.4 Å². The molecule has 0 aliphatic rings. The third-order valence-electron chi connectivity index (χ3n) is 4.81. The molecule has 0 heterocycles. The van der Waals surface area contributed by atoms with Gasteiger partial charge in [-0.15, -0.1) is 11.8 Å². The number of amidine groups is 1. The number of rotatable bonds is 7. The van der Waals surface area contributed by atoms with E-state index in [1.54, 1.807) is 36.4 Å². The van der Waals surface area contributed by atoms with Gasteiger partial charge in [-0.2, -0.15) is 5.26 Å². The van der Waals surface area contributed by atoms with Crippen molar-refractivity contribution >= 4 is 22.5 Å². The zero-order chi connectivity index (χ0) is 26.9. The second kappa shape index (κ2) is 20.1. The minimum absolute atomic E-state index is 0. The van der Waals surface area contributed by atoms with Gasteiger partial charge < -0.3 is 21.2 Å². The third kappa shape index (κ3) is 13.0. The monoisotopic (exact) mass is 544 g/mol. The molecule has 1 atom stereocenters. The van der Waals surface area contributed by atoms with Gasteiger partial charge in [0.1, 0.15) is 16.9 Å². The summed E-state index contributed by atoms with van der Waals surface area (Å²) in [5.41, 5.74) is 9.20. The van der Waals surface area contributed by atoms with E-state index >= 15 is 0 Å². The first-order valence-corrected chi connectivity index (χ1v) is 12.6. The van der Waals surface area contributed by atoms with Gasteiger partial charge in [-0.05, 0) is 72.2 Å². The smallest absolute Gasteiger partial charge is 0.496 e. The fourth-order valence-corrected chi connectivity index (χ4v) is 3.37. The van der Waals surface area contributed by atoms with E-state index in [1.807, 2.05) is 19.9 Å². The van der Waals surface area contributed by atoms with Gasteiger partial charge in [-0.25, -0.2) is 4.39 Å². The first-order chi connectivity index (χ1) is 17.3. The van der Waals surface area contributed by atoms with Gasteiger partial charge in [0, 0.05) is 11.1 Å². The topological polar surface area (TPSA) is 97.0 Å². The molecule has 0 aromatic heterocycles. The number of allylic oxidation sites excluding steroid dienone is 3. The molecule has 2 rings (SSSR count). The number of nitrogens with one attached hydrogen (secondary N) is 1. The Morgan fingerprint density at radius 3 is 2.30 bits per heavy atom. The van der Waals surface area contributed by atoms with E-state index in [4.69, 9.17) is 21.1 Å². The van der Waals surface area contributed by atoms with Crippen molar-refractivity contribution in [1.82, 2.24) is 0 Å². The Hall–Kier alpha value is -1.88. The first kappa shape index (κ1) is 35.1. The minimum atomic E-state index is -0.664. The fraction of sp³-hybridized carbons (Fsp3) is 0.310. The number of methoxy groups -OCH3 is 1. The average molecular weight is 545 g/mol. The summed E-state index contributed by atoms with van der Waals surface area (Å²) in [7, 11) is 1.53. The van der Waals surface area contributed by atoms with Crippen molar-refractivity contribution in [3.05, 3.63) is 88.1 Å². The number of thioether (sulfide) groups is 1. The Morgan fingerprint density at radius 2 is 1.78 bits per heavy atom. The molecule has 2 aromatic carbocycles. The molecule has 5 nitrogen and oxygen atoms in total. The molecule has 0 spiro atoms. The van der Waals surface area contributed by atoms with E-state index in [9.17, 15) is 4.39 Å². The van der Waals surface area contributed by atoms with Crippen LogP contribution in [0.3, 0.4) is 0 Å². The van der Waals surface area contributed by atoms with E-state index in [1.165, 1.54) is 32.1 Å². The summed E-state index contributed by atoms with van der Waals surface area (Å²) in [6.45, 7) is 8.14. The van der Waals surface area contributed by atoms with Crippen LogP contribution in [0.4, 0.5) is 4.39 Å². The molecule has 0 fully saturated rings. The van der Waals surface area contributed by atoms with Crippen molar-refractivity contribution in [2.75, 3.05) is 7.11 Å². The Kier molecular flexibility index (Phi) is 19.1. The van der Waals surface area contributed by atoms with E-state index in [-0.39, 0.29) is 62.4 Å². The molecule has 0 saturated heterocycles. The zero-order valence-electron chi connectivity index (χ0n) is 22.6. The summed E-state index contributed by atoms with van der Waals surface area (Å²) in [6, 6.07) is 13.2. The SMILES string of the molecule is C/C=C\C([N-]C(=N)SC(N)C#Cc1ccc(C#N)cc1)=C(/CC)c1cc(F)ccc1OC.CCCC.[K+]. The van der Waals surface area contributed by atoms with Crippen molar-refractivity contribution in [1.29, 1.82) is 10.7 Å². The van der Waals surface area contributed by atoms with Crippen LogP contribution < -0.4 is 61.9 Å². The van der Waals surface area contributed by atoms with Crippen LogP contribution in [0.1, 0.15) is 63.6 Å². The fourth-order valence-electron chi connectivity index (χ4n) is 2.86. The van der Waals surface area contributed by atoms with Crippen LogP contribution in [-0.4, -0.2) is 17.7 Å². The summed E-state index contributed by atoms with van der Waals surface area (Å²) in [6.07, 6.45) is 6.78. The van der Waals surface area contributed by atoms with Crippen LogP contribution in [0.25, 0.3) is 10.9 Å². The molecule has 0 aliphatic carbocycles. The molecule has 0 aliphatic heterocycles. The quantitative estimate of drug-likeness (QED) is 0.133. The van der Waals surface area contributed by atoms with Crippen molar-refractivity contribution in [3.8, 4) is 23.7 Å². The van der Waals surface area contributed by atoms with Gasteiger partial charge in [0.05, 0.1) is 18.7 Å². The predicted octanol–water partition coefficient (Wildman–Crippen LogP) is 4.59. The van der Waals surface area contributed by atoms with E-state index in [0.717, 1.165) is 22.9 Å². The summed E-state index contributed by atoms with van der Waals surface area (Å²) in [4.78, 5) is 0. The Labute approximate surface area is 268 Å². The summed E-state index contributed by atoms with van der Waals surface area (Å²) < 4.78 is 19.3. The van der Waals surface area contributed by atoms with Crippen molar-refractivity contribution in [3.63, 3.8) is 0 Å². The third-order valence-corrected chi connectivity index (χ3v) is 5.49. The maximum Gasteiger partial charge on any atom is 1.00 e. The number of halogens is 1. The van der Waals surface area contributed by atoms with Gasteiger partial charge in [0.25, 0.3) is 0 Å². The molecule has 0 saturated carbocycles. The van der Waals surface area contributed by atoms with Crippen molar-refractivity contribution in [2.24, 2.45) is 5.73 Å². The number of benzene rings is 2.